The number of fused-ring (bicyclic) bond motifs is 1. The molecule has 0 N–H and O–H groups in total. The Labute approximate surface area is 193 Å². The Balaban J connectivity index is 1.14. The van der Waals surface area contributed by atoms with Gasteiger partial charge in [0, 0.05) is 32.7 Å². The Kier molecular flexibility index (Phi) is 6.13. The number of nitrogens with zero attached hydrogens (tertiary/aromatic N) is 7. The third kappa shape index (κ3) is 4.64. The molecule has 1 aliphatic carbocycles. The highest BCUT2D eigenvalue weighted by Crippen LogP contribution is 2.37. The number of amides is 1. The van der Waals surface area contributed by atoms with E-state index in [4.69, 9.17) is 6.57 Å². The van der Waals surface area contributed by atoms with Crippen molar-refractivity contribution in [2.24, 2.45) is 0 Å². The Morgan fingerprint density at radius 1 is 1.09 bits per heavy atom. The summed E-state index contributed by atoms with van der Waals surface area (Å²) in [5, 5.41) is 11.2. The van der Waals surface area contributed by atoms with Crippen LogP contribution in [0.15, 0.2) is 48.8 Å². The molecule has 0 bridgehead atoms. The molecule has 2 aromatic carbocycles. The molecule has 1 atom stereocenters. The van der Waals surface area contributed by atoms with Crippen molar-refractivity contribution in [1.29, 1.82) is 0 Å². The molecule has 1 fully saturated rings. The number of rotatable bonds is 5. The first-order chi connectivity index (χ1) is 16.2. The Hall–Kier alpha value is -3.57. The van der Waals surface area contributed by atoms with Crippen molar-refractivity contribution in [2.45, 2.75) is 31.6 Å². The lowest BCUT2D eigenvalue weighted by Gasteiger charge is -2.38. The van der Waals surface area contributed by atoms with Gasteiger partial charge in [0.15, 0.2) is 5.69 Å². The van der Waals surface area contributed by atoms with Gasteiger partial charge in [-0.15, -0.1) is 5.10 Å². The Bertz CT molecular complexity index is 1140. The van der Waals surface area contributed by atoms with Gasteiger partial charge in [-0.3, -0.25) is 9.69 Å². The molecule has 1 saturated heterocycles. The highest BCUT2D eigenvalue weighted by Gasteiger charge is 2.27. The lowest BCUT2D eigenvalue weighted by molar-refractivity contribution is -0.132. The minimum absolute atomic E-state index is 0.175. The topological polar surface area (TPSA) is 71.5 Å². The predicted octanol–water partition coefficient (Wildman–Crippen LogP) is 3.02. The summed E-state index contributed by atoms with van der Waals surface area (Å²) in [5.74, 6) is 0.658. The van der Waals surface area contributed by atoms with E-state index in [1.54, 1.807) is 11.0 Å². The van der Waals surface area contributed by atoms with E-state index in [1.807, 2.05) is 41.3 Å². The lowest BCUT2D eigenvalue weighted by atomic mass is 9.81. The fraction of sp³-hybridized carbons (Fsp3) is 0.400. The van der Waals surface area contributed by atoms with Crippen molar-refractivity contribution in [3.63, 3.8) is 0 Å². The summed E-state index contributed by atoms with van der Waals surface area (Å²) in [6.07, 6.45) is 5.30. The van der Waals surface area contributed by atoms with Gasteiger partial charge < -0.3 is 4.90 Å². The molecule has 1 amide bonds. The van der Waals surface area contributed by atoms with E-state index in [9.17, 15) is 4.79 Å². The van der Waals surface area contributed by atoms with Gasteiger partial charge in [-0.2, -0.15) is 0 Å². The second kappa shape index (κ2) is 9.51. The van der Waals surface area contributed by atoms with Crippen LogP contribution in [0.4, 0.5) is 5.69 Å². The van der Waals surface area contributed by atoms with Gasteiger partial charge in [0.2, 0.25) is 5.91 Å². The van der Waals surface area contributed by atoms with Crippen LogP contribution in [-0.2, 0) is 17.6 Å². The number of benzene rings is 2. The minimum atomic E-state index is 0.175. The van der Waals surface area contributed by atoms with Crippen LogP contribution in [0.1, 0.15) is 35.4 Å². The summed E-state index contributed by atoms with van der Waals surface area (Å²) in [7, 11) is 0. The summed E-state index contributed by atoms with van der Waals surface area (Å²) in [5.41, 5.74) is 5.30. The average molecular weight is 442 g/mol. The normalized spacial score (nSPS) is 18.5. The smallest absolute Gasteiger partial charge is 0.227 e. The largest absolute Gasteiger partial charge is 0.340 e. The highest BCUT2D eigenvalue weighted by atomic mass is 16.2. The van der Waals surface area contributed by atoms with Gasteiger partial charge in [0.25, 0.3) is 0 Å². The van der Waals surface area contributed by atoms with E-state index in [2.05, 4.69) is 31.3 Å². The van der Waals surface area contributed by atoms with Gasteiger partial charge in [-0.1, -0.05) is 35.9 Å². The second-order valence-corrected chi connectivity index (χ2v) is 8.82. The van der Waals surface area contributed by atoms with Gasteiger partial charge in [0.1, 0.15) is 6.33 Å². The summed E-state index contributed by atoms with van der Waals surface area (Å²) >= 11 is 0. The van der Waals surface area contributed by atoms with Crippen LogP contribution >= 0.6 is 0 Å². The molecule has 2 aliphatic rings. The van der Waals surface area contributed by atoms with Gasteiger partial charge in [-0.05, 0) is 58.9 Å². The van der Waals surface area contributed by atoms with Gasteiger partial charge in [-0.25, -0.2) is 9.53 Å². The van der Waals surface area contributed by atoms with Gasteiger partial charge in [0.05, 0.1) is 18.7 Å². The van der Waals surface area contributed by atoms with Gasteiger partial charge >= 0.3 is 0 Å². The standard InChI is InChI=1S/C25H27N7O/c1-26-24-7-3-5-22-20(4-2-6-23(22)24)17-30-12-14-31(15-13-30)25(33)16-19-8-10-21(11-9-19)32-18-27-28-29-32/h3,5,7-11,18,20H,2,4,6,12-17H2. The molecule has 0 spiro atoms. The molecule has 1 unspecified atom stereocenters. The predicted molar refractivity (Wildman–Crippen MR) is 124 cm³/mol. The van der Waals surface area contributed by atoms with E-state index < -0.39 is 0 Å². The first-order valence-electron chi connectivity index (χ1n) is 11.5. The lowest BCUT2D eigenvalue weighted by Crippen LogP contribution is -2.50. The van der Waals surface area contributed by atoms with E-state index in [1.165, 1.54) is 17.5 Å². The van der Waals surface area contributed by atoms with Crippen molar-refractivity contribution in [3.05, 3.63) is 76.9 Å². The maximum atomic E-state index is 12.9. The second-order valence-electron chi connectivity index (χ2n) is 8.82. The zero-order valence-corrected chi connectivity index (χ0v) is 18.6. The molecule has 5 rings (SSSR count). The minimum Gasteiger partial charge on any atom is -0.340 e. The zero-order chi connectivity index (χ0) is 22.6. The summed E-state index contributed by atoms with van der Waals surface area (Å²) in [4.78, 5) is 21.0. The van der Waals surface area contributed by atoms with Crippen molar-refractivity contribution in [3.8, 4) is 5.69 Å². The number of hydrogen-bond acceptors (Lipinski definition) is 5. The number of tetrazole rings is 1. The van der Waals surface area contributed by atoms with E-state index in [0.717, 1.165) is 62.5 Å². The number of piperazine rings is 1. The number of carbonyl (C=O) groups is 1. The first-order valence-corrected chi connectivity index (χ1v) is 11.5. The monoisotopic (exact) mass is 441 g/mol. The molecule has 33 heavy (non-hydrogen) atoms. The molecule has 0 radical (unpaired) electrons. The van der Waals surface area contributed by atoms with Crippen LogP contribution in [0.3, 0.4) is 0 Å². The summed E-state index contributed by atoms with van der Waals surface area (Å²) < 4.78 is 1.60. The van der Waals surface area contributed by atoms with Crippen LogP contribution in [0.5, 0.6) is 0 Å². The molecule has 1 aromatic heterocycles. The molecule has 8 heteroatoms. The molecular formula is C25H27N7O. The summed E-state index contributed by atoms with van der Waals surface area (Å²) in [6.45, 7) is 11.8. The van der Waals surface area contributed by atoms with E-state index >= 15 is 0 Å². The third-order valence-corrected chi connectivity index (χ3v) is 6.84. The maximum absolute atomic E-state index is 12.9. The fourth-order valence-electron chi connectivity index (χ4n) is 5.05. The van der Waals surface area contributed by atoms with Crippen LogP contribution in [0.25, 0.3) is 10.5 Å². The van der Waals surface area contributed by atoms with Crippen LogP contribution in [0, 0.1) is 6.57 Å². The van der Waals surface area contributed by atoms with Crippen molar-refractivity contribution in [2.75, 3.05) is 32.7 Å². The van der Waals surface area contributed by atoms with Crippen LogP contribution < -0.4 is 0 Å². The van der Waals surface area contributed by atoms with Crippen LogP contribution in [-0.4, -0.2) is 68.6 Å². The molecule has 168 valence electrons. The maximum Gasteiger partial charge on any atom is 0.227 e. The SMILES string of the molecule is [C-]#[N+]c1cccc2c1CCCC2CN1CCN(C(=O)Cc2ccc(-n3cnnn3)cc2)CC1. The quantitative estimate of drug-likeness (QED) is 0.569. The molecule has 8 nitrogen and oxygen atoms in total. The van der Waals surface area contributed by atoms with E-state index in [0.29, 0.717) is 12.3 Å². The number of carbonyl (C=O) groups excluding carboxylic acids is 1. The molecular weight excluding hydrogens is 414 g/mol. The van der Waals surface area contributed by atoms with Crippen molar-refractivity contribution >= 4 is 11.6 Å². The molecule has 1 aliphatic heterocycles. The van der Waals surface area contributed by atoms with Crippen molar-refractivity contribution in [1.82, 2.24) is 30.0 Å². The van der Waals surface area contributed by atoms with E-state index in [-0.39, 0.29) is 5.91 Å². The Morgan fingerprint density at radius 3 is 2.64 bits per heavy atom. The first kappa shape index (κ1) is 21.3. The zero-order valence-electron chi connectivity index (χ0n) is 18.6. The Morgan fingerprint density at radius 2 is 1.91 bits per heavy atom. The molecule has 3 aromatic rings. The number of aromatic nitrogens is 4. The highest BCUT2D eigenvalue weighted by molar-refractivity contribution is 5.79. The molecule has 0 saturated carbocycles. The fourth-order valence-corrected chi connectivity index (χ4v) is 5.05. The number of hydrogen-bond donors (Lipinski definition) is 0. The molecule has 2 heterocycles. The average Bonchev–Trinajstić information content (AvgIpc) is 3.40. The van der Waals surface area contributed by atoms with Crippen molar-refractivity contribution < 1.29 is 4.79 Å². The van der Waals surface area contributed by atoms with Crippen LogP contribution in [0.2, 0.25) is 0 Å². The third-order valence-electron chi connectivity index (χ3n) is 6.84. The summed E-state index contributed by atoms with van der Waals surface area (Å²) in [6, 6.07) is 14.0.